The summed E-state index contributed by atoms with van der Waals surface area (Å²) in [4.78, 5) is 11.1. The standard InChI is InChI=1S/C12H24NO3/c1-4-9-16-12(14)7-6-8-13-10-11(5-2)15-3/h11H,4-10H2,1-3H3. The monoisotopic (exact) mass is 230 g/mol. The van der Waals surface area contributed by atoms with Crippen molar-refractivity contribution in [3.8, 4) is 0 Å². The molecule has 0 bridgehead atoms. The van der Waals surface area contributed by atoms with Gasteiger partial charge in [-0.15, -0.1) is 0 Å². The van der Waals surface area contributed by atoms with E-state index in [-0.39, 0.29) is 12.1 Å². The van der Waals surface area contributed by atoms with Crippen LogP contribution < -0.4 is 5.32 Å². The molecule has 0 fully saturated rings. The zero-order valence-electron chi connectivity index (χ0n) is 10.7. The van der Waals surface area contributed by atoms with Crippen molar-refractivity contribution in [2.24, 2.45) is 0 Å². The quantitative estimate of drug-likeness (QED) is 0.424. The van der Waals surface area contributed by atoms with Gasteiger partial charge in [-0.3, -0.25) is 4.79 Å². The highest BCUT2D eigenvalue weighted by Gasteiger charge is 2.05. The molecular formula is C12H24NO3. The summed E-state index contributed by atoms with van der Waals surface area (Å²) in [6.45, 7) is 6.01. The van der Waals surface area contributed by atoms with Crippen molar-refractivity contribution in [3.05, 3.63) is 0 Å². The van der Waals surface area contributed by atoms with Crippen LogP contribution in [0.25, 0.3) is 0 Å². The molecule has 0 aromatic carbocycles. The fourth-order valence-corrected chi connectivity index (χ4v) is 1.23. The first-order valence-corrected chi connectivity index (χ1v) is 6.06. The lowest BCUT2D eigenvalue weighted by atomic mass is 10.2. The molecule has 0 aliphatic heterocycles. The van der Waals surface area contributed by atoms with Gasteiger partial charge in [0, 0.05) is 26.6 Å². The number of rotatable bonds is 10. The molecule has 0 aromatic heterocycles. The average molecular weight is 230 g/mol. The number of hydrogen-bond acceptors (Lipinski definition) is 3. The fourth-order valence-electron chi connectivity index (χ4n) is 1.23. The van der Waals surface area contributed by atoms with E-state index in [0.717, 1.165) is 25.8 Å². The van der Waals surface area contributed by atoms with E-state index < -0.39 is 0 Å². The van der Waals surface area contributed by atoms with Gasteiger partial charge in [0.25, 0.3) is 0 Å². The Kier molecular flexibility index (Phi) is 10.5. The molecule has 0 aromatic rings. The molecule has 0 saturated heterocycles. The normalized spacial score (nSPS) is 12.4. The van der Waals surface area contributed by atoms with Crippen molar-refractivity contribution in [2.45, 2.75) is 45.6 Å². The summed E-state index contributed by atoms with van der Waals surface area (Å²) in [5.74, 6) is -0.115. The molecule has 4 heteroatoms. The zero-order valence-corrected chi connectivity index (χ0v) is 10.7. The van der Waals surface area contributed by atoms with Crippen LogP contribution in [0.15, 0.2) is 0 Å². The first-order valence-electron chi connectivity index (χ1n) is 6.06. The van der Waals surface area contributed by atoms with Crippen molar-refractivity contribution in [2.75, 3.05) is 26.8 Å². The van der Waals surface area contributed by atoms with E-state index in [1.165, 1.54) is 0 Å². The van der Waals surface area contributed by atoms with Crippen molar-refractivity contribution in [1.29, 1.82) is 0 Å². The molecule has 95 valence electrons. The third-order valence-electron chi connectivity index (χ3n) is 2.29. The molecule has 0 spiro atoms. The number of ether oxygens (including phenoxy) is 2. The van der Waals surface area contributed by atoms with Crippen LogP contribution in [-0.4, -0.2) is 38.9 Å². The SMILES string of the molecule is CCCOC(=O)CCC[N]CC(CC)OC. The van der Waals surface area contributed by atoms with Gasteiger partial charge in [-0.25, -0.2) is 5.32 Å². The highest BCUT2D eigenvalue weighted by Crippen LogP contribution is 1.96. The number of nitrogens with zero attached hydrogens (tertiary/aromatic N) is 1. The minimum absolute atomic E-state index is 0.115. The maximum Gasteiger partial charge on any atom is 0.305 e. The molecule has 0 aliphatic carbocycles. The van der Waals surface area contributed by atoms with E-state index in [1.807, 2.05) is 6.92 Å². The van der Waals surface area contributed by atoms with Crippen LogP contribution in [0.4, 0.5) is 0 Å². The molecule has 0 rings (SSSR count). The van der Waals surface area contributed by atoms with Gasteiger partial charge >= 0.3 is 5.97 Å². The van der Waals surface area contributed by atoms with Crippen molar-refractivity contribution in [3.63, 3.8) is 0 Å². The zero-order chi connectivity index (χ0) is 12.2. The van der Waals surface area contributed by atoms with Crippen molar-refractivity contribution < 1.29 is 14.3 Å². The van der Waals surface area contributed by atoms with Crippen LogP contribution in [0.2, 0.25) is 0 Å². The molecule has 16 heavy (non-hydrogen) atoms. The Labute approximate surface area is 98.7 Å². The first kappa shape index (κ1) is 15.4. The molecule has 0 amide bonds. The lowest BCUT2D eigenvalue weighted by Gasteiger charge is -2.12. The number of hydrogen-bond donors (Lipinski definition) is 0. The Balaban J connectivity index is 3.29. The first-order chi connectivity index (χ1) is 7.74. The number of esters is 1. The Morgan fingerprint density at radius 3 is 2.69 bits per heavy atom. The molecule has 1 radical (unpaired) electrons. The third-order valence-corrected chi connectivity index (χ3v) is 2.29. The fraction of sp³-hybridized carbons (Fsp3) is 0.917. The maximum atomic E-state index is 11.1. The molecule has 0 aliphatic rings. The minimum atomic E-state index is -0.115. The Bertz CT molecular complexity index is 170. The average Bonchev–Trinajstić information content (AvgIpc) is 2.31. The Morgan fingerprint density at radius 1 is 1.38 bits per heavy atom. The van der Waals surface area contributed by atoms with Gasteiger partial charge in [0.2, 0.25) is 0 Å². The summed E-state index contributed by atoms with van der Waals surface area (Å²) in [6, 6.07) is 0. The van der Waals surface area contributed by atoms with E-state index in [0.29, 0.717) is 19.6 Å². The van der Waals surface area contributed by atoms with Crippen molar-refractivity contribution >= 4 is 5.97 Å². The van der Waals surface area contributed by atoms with Crippen LogP contribution in [0.3, 0.4) is 0 Å². The van der Waals surface area contributed by atoms with Crippen LogP contribution in [-0.2, 0) is 14.3 Å². The van der Waals surface area contributed by atoms with Crippen LogP contribution >= 0.6 is 0 Å². The molecule has 1 atom stereocenters. The Morgan fingerprint density at radius 2 is 2.12 bits per heavy atom. The van der Waals surface area contributed by atoms with Gasteiger partial charge in [-0.05, 0) is 19.3 Å². The van der Waals surface area contributed by atoms with Gasteiger partial charge in [0.15, 0.2) is 0 Å². The van der Waals surface area contributed by atoms with E-state index in [9.17, 15) is 4.79 Å². The predicted molar refractivity (Wildman–Crippen MR) is 63.4 cm³/mol. The van der Waals surface area contributed by atoms with Gasteiger partial charge in [-0.2, -0.15) is 0 Å². The highest BCUT2D eigenvalue weighted by atomic mass is 16.5. The summed E-state index contributed by atoms with van der Waals surface area (Å²) >= 11 is 0. The van der Waals surface area contributed by atoms with E-state index in [1.54, 1.807) is 7.11 Å². The van der Waals surface area contributed by atoms with Gasteiger partial charge in [0.1, 0.15) is 0 Å². The summed E-state index contributed by atoms with van der Waals surface area (Å²) in [5.41, 5.74) is 0. The maximum absolute atomic E-state index is 11.1. The van der Waals surface area contributed by atoms with Gasteiger partial charge in [-0.1, -0.05) is 13.8 Å². The third kappa shape index (κ3) is 8.68. The lowest BCUT2D eigenvalue weighted by molar-refractivity contribution is -0.143. The smallest absolute Gasteiger partial charge is 0.305 e. The van der Waals surface area contributed by atoms with Crippen LogP contribution in [0, 0.1) is 0 Å². The second kappa shape index (κ2) is 10.9. The molecule has 0 saturated carbocycles. The summed E-state index contributed by atoms with van der Waals surface area (Å²) in [5, 5.41) is 4.33. The molecule has 0 heterocycles. The topological polar surface area (TPSA) is 49.6 Å². The summed E-state index contributed by atoms with van der Waals surface area (Å²) in [7, 11) is 1.70. The summed E-state index contributed by atoms with van der Waals surface area (Å²) in [6.07, 6.45) is 3.29. The number of carbonyl (C=O) groups excluding carboxylic acids is 1. The number of methoxy groups -OCH3 is 1. The second-order valence-corrected chi connectivity index (χ2v) is 3.72. The Hall–Kier alpha value is -0.610. The largest absolute Gasteiger partial charge is 0.466 e. The summed E-state index contributed by atoms with van der Waals surface area (Å²) < 4.78 is 10.2. The van der Waals surface area contributed by atoms with E-state index in [4.69, 9.17) is 9.47 Å². The van der Waals surface area contributed by atoms with E-state index in [2.05, 4.69) is 12.2 Å². The minimum Gasteiger partial charge on any atom is -0.466 e. The molecular weight excluding hydrogens is 206 g/mol. The second-order valence-electron chi connectivity index (χ2n) is 3.72. The predicted octanol–water partition coefficient (Wildman–Crippen LogP) is 1.75. The van der Waals surface area contributed by atoms with Gasteiger partial charge < -0.3 is 9.47 Å². The molecule has 4 nitrogen and oxygen atoms in total. The van der Waals surface area contributed by atoms with Gasteiger partial charge in [0.05, 0.1) is 12.7 Å². The highest BCUT2D eigenvalue weighted by molar-refractivity contribution is 5.69. The molecule has 1 unspecified atom stereocenters. The molecule has 0 N–H and O–H groups in total. The van der Waals surface area contributed by atoms with E-state index >= 15 is 0 Å². The van der Waals surface area contributed by atoms with Crippen LogP contribution in [0.1, 0.15) is 39.5 Å². The lowest BCUT2D eigenvalue weighted by Crippen LogP contribution is -2.23. The van der Waals surface area contributed by atoms with Crippen LogP contribution in [0.5, 0.6) is 0 Å². The van der Waals surface area contributed by atoms with Crippen molar-refractivity contribution in [1.82, 2.24) is 5.32 Å². The number of carbonyl (C=O) groups is 1.